The van der Waals surface area contributed by atoms with Crippen LogP contribution < -0.4 is 10.5 Å². The van der Waals surface area contributed by atoms with Crippen molar-refractivity contribution in [2.75, 3.05) is 33.5 Å². The predicted molar refractivity (Wildman–Crippen MR) is 104 cm³/mol. The maximum absolute atomic E-state index is 12.9. The molecular weight excluding hydrogens is 366 g/mol. The first kappa shape index (κ1) is 19.5. The SMILES string of the molecule is COc1cccc(-c2cnc(N)nc2[C@H]2CCCCN2S(=O)(=O)N(C)C)c1. The van der Waals surface area contributed by atoms with E-state index in [4.69, 9.17) is 10.5 Å². The Morgan fingerprint density at radius 1 is 1.30 bits per heavy atom. The van der Waals surface area contributed by atoms with Gasteiger partial charge in [0.05, 0.1) is 18.8 Å². The highest BCUT2D eigenvalue weighted by Gasteiger charge is 2.37. The van der Waals surface area contributed by atoms with Crippen molar-refractivity contribution in [2.45, 2.75) is 25.3 Å². The van der Waals surface area contributed by atoms with E-state index in [1.54, 1.807) is 13.3 Å². The molecular formula is C18H25N5O3S. The summed E-state index contributed by atoms with van der Waals surface area (Å²) in [5, 5.41) is 0. The molecule has 0 bridgehead atoms. The van der Waals surface area contributed by atoms with Gasteiger partial charge in [-0.05, 0) is 30.5 Å². The molecule has 27 heavy (non-hydrogen) atoms. The molecule has 146 valence electrons. The monoisotopic (exact) mass is 391 g/mol. The normalized spacial score (nSPS) is 18.6. The molecule has 2 aromatic rings. The van der Waals surface area contributed by atoms with Crippen LogP contribution in [-0.2, 0) is 10.2 Å². The van der Waals surface area contributed by atoms with E-state index in [1.807, 2.05) is 24.3 Å². The Hall–Kier alpha value is -2.23. The Morgan fingerprint density at radius 2 is 2.07 bits per heavy atom. The molecule has 1 aliphatic heterocycles. The van der Waals surface area contributed by atoms with Crippen molar-refractivity contribution in [3.05, 3.63) is 36.2 Å². The lowest BCUT2D eigenvalue weighted by molar-refractivity contribution is 0.239. The van der Waals surface area contributed by atoms with Gasteiger partial charge < -0.3 is 10.5 Å². The van der Waals surface area contributed by atoms with Gasteiger partial charge in [0.2, 0.25) is 5.95 Å². The summed E-state index contributed by atoms with van der Waals surface area (Å²) in [5.41, 5.74) is 8.10. The lowest BCUT2D eigenvalue weighted by Gasteiger charge is -2.36. The number of piperidine rings is 1. The smallest absolute Gasteiger partial charge is 0.282 e. The van der Waals surface area contributed by atoms with Crippen molar-refractivity contribution in [1.82, 2.24) is 18.6 Å². The quantitative estimate of drug-likeness (QED) is 0.837. The summed E-state index contributed by atoms with van der Waals surface area (Å²) in [7, 11) is 1.10. The molecule has 0 amide bonds. The van der Waals surface area contributed by atoms with Gasteiger partial charge in [0.25, 0.3) is 10.2 Å². The fraction of sp³-hybridized carbons (Fsp3) is 0.444. The molecule has 1 saturated heterocycles. The lowest BCUT2D eigenvalue weighted by Crippen LogP contribution is -2.45. The van der Waals surface area contributed by atoms with Crippen LogP contribution in [0.15, 0.2) is 30.5 Å². The first-order valence-electron chi connectivity index (χ1n) is 8.80. The summed E-state index contributed by atoms with van der Waals surface area (Å²) >= 11 is 0. The number of ether oxygens (including phenoxy) is 1. The van der Waals surface area contributed by atoms with Gasteiger partial charge in [-0.3, -0.25) is 0 Å². The second-order valence-electron chi connectivity index (χ2n) is 6.67. The summed E-state index contributed by atoms with van der Waals surface area (Å²) < 4.78 is 33.8. The van der Waals surface area contributed by atoms with Gasteiger partial charge >= 0.3 is 0 Å². The fourth-order valence-electron chi connectivity index (χ4n) is 3.34. The van der Waals surface area contributed by atoms with E-state index in [0.29, 0.717) is 24.4 Å². The minimum atomic E-state index is -3.58. The van der Waals surface area contributed by atoms with Gasteiger partial charge in [-0.15, -0.1) is 0 Å². The maximum atomic E-state index is 12.9. The van der Waals surface area contributed by atoms with Crippen molar-refractivity contribution < 1.29 is 13.2 Å². The largest absolute Gasteiger partial charge is 0.497 e. The van der Waals surface area contributed by atoms with Gasteiger partial charge in [-0.1, -0.05) is 18.6 Å². The van der Waals surface area contributed by atoms with E-state index in [1.165, 1.54) is 22.7 Å². The fourth-order valence-corrected chi connectivity index (χ4v) is 4.65. The highest BCUT2D eigenvalue weighted by molar-refractivity contribution is 7.86. The summed E-state index contributed by atoms with van der Waals surface area (Å²) in [6, 6.07) is 7.15. The molecule has 1 atom stereocenters. The highest BCUT2D eigenvalue weighted by atomic mass is 32.2. The number of aromatic nitrogens is 2. The van der Waals surface area contributed by atoms with Crippen LogP contribution in [0.3, 0.4) is 0 Å². The third kappa shape index (κ3) is 3.90. The number of hydrogen-bond acceptors (Lipinski definition) is 6. The Bertz CT molecular complexity index is 917. The zero-order valence-electron chi connectivity index (χ0n) is 15.8. The Balaban J connectivity index is 2.13. The van der Waals surface area contributed by atoms with Crippen LogP contribution in [0.2, 0.25) is 0 Å². The standard InChI is InChI=1S/C18H25N5O3S/c1-22(2)27(24,25)23-10-5-4-9-16(23)17-15(12-20-18(19)21-17)13-7-6-8-14(11-13)26-3/h6-8,11-12,16H,4-5,9-10H2,1-3H3,(H2,19,20,21)/t16-/m1/s1. The molecule has 0 saturated carbocycles. The molecule has 1 aromatic heterocycles. The molecule has 3 rings (SSSR count). The number of hydrogen-bond donors (Lipinski definition) is 1. The van der Waals surface area contributed by atoms with Crippen molar-refractivity contribution in [3.8, 4) is 16.9 Å². The topological polar surface area (TPSA) is 102 Å². The molecule has 2 heterocycles. The van der Waals surface area contributed by atoms with Gasteiger partial charge in [0.1, 0.15) is 5.75 Å². The van der Waals surface area contributed by atoms with Gasteiger partial charge in [-0.2, -0.15) is 17.0 Å². The predicted octanol–water partition coefficient (Wildman–Crippen LogP) is 2.07. The molecule has 2 N–H and O–H groups in total. The number of nitrogens with zero attached hydrogens (tertiary/aromatic N) is 4. The summed E-state index contributed by atoms with van der Waals surface area (Å²) in [6.45, 7) is 0.451. The number of benzene rings is 1. The number of nitrogen functional groups attached to an aromatic ring is 1. The second-order valence-corrected chi connectivity index (χ2v) is 8.77. The van der Waals surface area contributed by atoms with E-state index in [9.17, 15) is 8.42 Å². The van der Waals surface area contributed by atoms with Crippen LogP contribution in [-0.4, -0.2) is 54.7 Å². The van der Waals surface area contributed by atoms with E-state index >= 15 is 0 Å². The molecule has 9 heteroatoms. The average molecular weight is 391 g/mol. The molecule has 1 aliphatic rings. The van der Waals surface area contributed by atoms with Crippen LogP contribution in [0.25, 0.3) is 11.1 Å². The van der Waals surface area contributed by atoms with Crippen LogP contribution in [0.4, 0.5) is 5.95 Å². The number of methoxy groups -OCH3 is 1. The summed E-state index contributed by atoms with van der Waals surface area (Å²) in [6.07, 6.45) is 4.08. The van der Waals surface area contributed by atoms with Crippen molar-refractivity contribution >= 4 is 16.2 Å². The molecule has 0 radical (unpaired) electrons. The zero-order valence-corrected chi connectivity index (χ0v) is 16.6. The summed E-state index contributed by atoms with van der Waals surface area (Å²) in [4.78, 5) is 8.59. The van der Waals surface area contributed by atoms with Crippen LogP contribution in [0.1, 0.15) is 31.0 Å². The minimum Gasteiger partial charge on any atom is -0.497 e. The minimum absolute atomic E-state index is 0.129. The molecule has 8 nitrogen and oxygen atoms in total. The molecule has 0 aliphatic carbocycles. The second kappa shape index (κ2) is 7.79. The Labute approximate surface area is 160 Å². The van der Waals surface area contributed by atoms with Gasteiger partial charge in [0.15, 0.2) is 0 Å². The third-order valence-corrected chi connectivity index (χ3v) is 6.70. The first-order valence-corrected chi connectivity index (χ1v) is 10.2. The van der Waals surface area contributed by atoms with Crippen molar-refractivity contribution in [1.29, 1.82) is 0 Å². The van der Waals surface area contributed by atoms with Gasteiger partial charge in [0, 0.05) is 32.4 Å². The summed E-state index contributed by atoms with van der Waals surface area (Å²) in [5.74, 6) is 0.834. The average Bonchev–Trinajstić information content (AvgIpc) is 2.67. The number of nitrogens with two attached hydrogens (primary N) is 1. The Morgan fingerprint density at radius 3 is 2.78 bits per heavy atom. The Kier molecular flexibility index (Phi) is 5.64. The van der Waals surface area contributed by atoms with Crippen LogP contribution in [0, 0.1) is 0 Å². The maximum Gasteiger partial charge on any atom is 0.282 e. The first-order chi connectivity index (χ1) is 12.8. The number of anilines is 1. The van der Waals surface area contributed by atoms with Crippen LogP contribution in [0.5, 0.6) is 5.75 Å². The molecule has 1 aromatic carbocycles. The highest BCUT2D eigenvalue weighted by Crippen LogP contribution is 2.38. The molecule has 0 unspecified atom stereocenters. The van der Waals surface area contributed by atoms with E-state index in [-0.39, 0.29) is 5.95 Å². The van der Waals surface area contributed by atoms with Crippen molar-refractivity contribution in [2.24, 2.45) is 0 Å². The van der Waals surface area contributed by atoms with E-state index < -0.39 is 16.3 Å². The third-order valence-electron chi connectivity index (χ3n) is 4.74. The van der Waals surface area contributed by atoms with E-state index in [2.05, 4.69) is 9.97 Å². The van der Waals surface area contributed by atoms with Gasteiger partial charge in [-0.25, -0.2) is 9.97 Å². The van der Waals surface area contributed by atoms with Crippen molar-refractivity contribution in [3.63, 3.8) is 0 Å². The lowest BCUT2D eigenvalue weighted by atomic mass is 9.95. The molecule has 1 fully saturated rings. The zero-order chi connectivity index (χ0) is 19.6. The van der Waals surface area contributed by atoms with Crippen LogP contribution >= 0.6 is 0 Å². The molecule has 0 spiro atoms. The van der Waals surface area contributed by atoms with E-state index in [0.717, 1.165) is 24.0 Å². The number of rotatable bonds is 5.